The lowest BCUT2D eigenvalue weighted by Gasteiger charge is -2.40. The molecule has 3 N–H and O–H groups in total. The van der Waals surface area contributed by atoms with Gasteiger partial charge in [0.15, 0.2) is 12.5 Å². The van der Waals surface area contributed by atoms with E-state index in [2.05, 4.69) is 0 Å². The summed E-state index contributed by atoms with van der Waals surface area (Å²) in [5.41, 5.74) is 3.46. The predicted octanol–water partition coefficient (Wildman–Crippen LogP) is 4.92. The molecule has 216 valence electrons. The lowest BCUT2D eigenvalue weighted by molar-refractivity contribution is -0.280. The molecule has 2 aliphatic rings. The van der Waals surface area contributed by atoms with Gasteiger partial charge in [-0.25, -0.2) is 0 Å². The van der Waals surface area contributed by atoms with Crippen molar-refractivity contribution in [3.63, 3.8) is 0 Å². The van der Waals surface area contributed by atoms with Crippen LogP contribution in [0, 0.1) is 5.92 Å². The maximum absolute atomic E-state index is 13.6. The fraction of sp³-hybridized carbons (Fsp3) is 0.375. The summed E-state index contributed by atoms with van der Waals surface area (Å²) >= 11 is 0. The van der Waals surface area contributed by atoms with E-state index in [1.54, 1.807) is 11.5 Å². The van der Waals surface area contributed by atoms with Gasteiger partial charge in [0, 0.05) is 47.1 Å². The molecule has 0 spiro atoms. The number of carbonyl (C=O) groups is 2. The molecule has 7 rings (SSSR count). The van der Waals surface area contributed by atoms with Crippen molar-refractivity contribution in [1.82, 2.24) is 14.0 Å². The molecule has 1 fully saturated rings. The average Bonchev–Trinajstić information content (AvgIpc) is 3.58. The molecule has 2 amide bonds. The van der Waals surface area contributed by atoms with E-state index in [1.807, 2.05) is 87.8 Å². The Bertz CT molecular complexity index is 1820. The van der Waals surface area contributed by atoms with E-state index in [1.165, 1.54) is 7.05 Å². The molecule has 5 aromatic rings. The van der Waals surface area contributed by atoms with Crippen molar-refractivity contribution in [3.8, 4) is 0 Å². The van der Waals surface area contributed by atoms with Gasteiger partial charge >= 0.3 is 0 Å². The van der Waals surface area contributed by atoms with E-state index >= 15 is 0 Å². The van der Waals surface area contributed by atoms with Crippen molar-refractivity contribution in [2.75, 3.05) is 7.05 Å². The Morgan fingerprint density at radius 2 is 1.20 bits per heavy atom. The number of aryl methyl sites for hydroxylation is 1. The number of rotatable bonds is 1. The van der Waals surface area contributed by atoms with Gasteiger partial charge in [0.05, 0.1) is 33.8 Å². The Balaban J connectivity index is 0.000000810. The monoisotopic (exact) mass is 559 g/mol. The third-order valence-electron chi connectivity index (χ3n) is 8.19. The minimum absolute atomic E-state index is 0.307. The van der Waals surface area contributed by atoms with Crippen LogP contribution in [0.15, 0.2) is 48.5 Å². The summed E-state index contributed by atoms with van der Waals surface area (Å²) < 4.78 is 9.66. The van der Waals surface area contributed by atoms with Gasteiger partial charge in [-0.15, -0.1) is 0 Å². The molecule has 4 heterocycles. The summed E-state index contributed by atoms with van der Waals surface area (Å²) in [6, 6.07) is 15.1. The number of benzene rings is 3. The highest BCUT2D eigenvalue weighted by Gasteiger charge is 2.45. The van der Waals surface area contributed by atoms with Crippen LogP contribution in [0.4, 0.5) is 0 Å². The van der Waals surface area contributed by atoms with Crippen molar-refractivity contribution in [1.29, 1.82) is 0 Å². The molecule has 41 heavy (non-hydrogen) atoms. The molecule has 0 radical (unpaired) electrons. The number of ether oxygens (including phenoxy) is 1. The van der Waals surface area contributed by atoms with Gasteiger partial charge in [-0.1, -0.05) is 71.0 Å². The van der Waals surface area contributed by atoms with Crippen LogP contribution in [0.2, 0.25) is 0 Å². The molecule has 9 heteroatoms. The van der Waals surface area contributed by atoms with E-state index < -0.39 is 36.6 Å². The van der Waals surface area contributed by atoms with Crippen molar-refractivity contribution in [2.45, 2.75) is 59.3 Å². The van der Waals surface area contributed by atoms with Gasteiger partial charge in [-0.3, -0.25) is 14.5 Å². The molecule has 1 saturated heterocycles. The minimum atomic E-state index is -1.35. The summed E-state index contributed by atoms with van der Waals surface area (Å²) in [6.45, 7) is 9.61. The van der Waals surface area contributed by atoms with E-state index in [0.29, 0.717) is 43.8 Å². The first-order chi connectivity index (χ1) is 19.7. The Morgan fingerprint density at radius 3 is 1.78 bits per heavy atom. The molecule has 2 aliphatic heterocycles. The average molecular weight is 560 g/mol. The number of fused-ring (bicyclic) bond motifs is 10. The van der Waals surface area contributed by atoms with E-state index in [4.69, 9.17) is 4.74 Å². The number of hydrogen-bond donors (Lipinski definition) is 3. The van der Waals surface area contributed by atoms with E-state index in [9.17, 15) is 24.9 Å². The van der Waals surface area contributed by atoms with Crippen molar-refractivity contribution in [2.24, 2.45) is 13.0 Å². The van der Waals surface area contributed by atoms with Gasteiger partial charge < -0.3 is 29.2 Å². The number of nitrogens with zero attached hydrogens (tertiary/aromatic N) is 3. The number of carbonyl (C=O) groups excluding carboxylic acids is 2. The first kappa shape index (κ1) is 28.8. The number of hydrogen-bond acceptors (Lipinski definition) is 6. The first-order valence-corrected chi connectivity index (χ1v) is 14.2. The zero-order valence-corrected chi connectivity index (χ0v) is 24.4. The number of aliphatic hydroxyl groups is 3. The van der Waals surface area contributed by atoms with Crippen molar-refractivity contribution in [3.05, 3.63) is 59.7 Å². The van der Waals surface area contributed by atoms with E-state index in [0.717, 1.165) is 15.8 Å². The summed E-state index contributed by atoms with van der Waals surface area (Å²) in [5.74, 6) is -1.47. The zero-order valence-electron chi connectivity index (χ0n) is 24.4. The fourth-order valence-corrected chi connectivity index (χ4v) is 6.25. The molecule has 0 bridgehead atoms. The maximum atomic E-state index is 13.6. The number of imide groups is 1. The van der Waals surface area contributed by atoms with Gasteiger partial charge in [0.25, 0.3) is 11.8 Å². The smallest absolute Gasteiger partial charge is 0.262 e. The second-order valence-corrected chi connectivity index (χ2v) is 10.1. The third kappa shape index (κ3) is 3.76. The molecular weight excluding hydrogens is 522 g/mol. The topological polar surface area (TPSA) is 117 Å². The fourth-order valence-electron chi connectivity index (χ4n) is 6.25. The highest BCUT2D eigenvalue weighted by atomic mass is 16.6. The van der Waals surface area contributed by atoms with E-state index in [-0.39, 0.29) is 5.91 Å². The highest BCUT2D eigenvalue weighted by Crippen LogP contribution is 2.47. The Morgan fingerprint density at radius 1 is 0.707 bits per heavy atom. The SMILES string of the molecule is CC.CC.CC1C(O)OC(n2c3ccccc3c3c4c(c5c6ccccc6n(C)c5c32)C(=O)N(C)C4=O)C(O)C1O. The summed E-state index contributed by atoms with van der Waals surface area (Å²) in [4.78, 5) is 28.2. The Kier molecular flexibility index (Phi) is 7.42. The molecule has 9 nitrogen and oxygen atoms in total. The number of para-hydroxylation sites is 2. The molecule has 5 unspecified atom stereocenters. The summed E-state index contributed by atoms with van der Waals surface area (Å²) in [6.07, 6.45) is -5.05. The first-order valence-electron chi connectivity index (χ1n) is 14.2. The zero-order chi connectivity index (χ0) is 29.9. The summed E-state index contributed by atoms with van der Waals surface area (Å²) in [5, 5.41) is 35.3. The van der Waals surface area contributed by atoms with Crippen LogP contribution in [-0.2, 0) is 11.8 Å². The lowest BCUT2D eigenvalue weighted by Crippen LogP contribution is -2.51. The van der Waals surface area contributed by atoms with Crippen LogP contribution in [0.3, 0.4) is 0 Å². The number of aliphatic hydroxyl groups excluding tert-OH is 3. The number of amides is 2. The maximum Gasteiger partial charge on any atom is 0.262 e. The van der Waals surface area contributed by atoms with Gasteiger partial charge in [-0.05, 0) is 12.1 Å². The molecule has 0 saturated carbocycles. The number of aromatic nitrogens is 2. The van der Waals surface area contributed by atoms with Gasteiger partial charge in [-0.2, -0.15) is 0 Å². The van der Waals surface area contributed by atoms with Crippen molar-refractivity contribution >= 4 is 55.4 Å². The minimum Gasteiger partial charge on any atom is -0.390 e. The van der Waals surface area contributed by atoms with Crippen LogP contribution in [0.5, 0.6) is 0 Å². The second kappa shape index (κ2) is 10.6. The van der Waals surface area contributed by atoms with Crippen molar-refractivity contribution < 1.29 is 29.6 Å². The summed E-state index contributed by atoms with van der Waals surface area (Å²) in [7, 11) is 3.38. The molecule has 2 aromatic heterocycles. The van der Waals surface area contributed by atoms with Crippen LogP contribution in [0.25, 0.3) is 43.6 Å². The third-order valence-corrected chi connectivity index (χ3v) is 8.19. The molecule has 0 aliphatic carbocycles. The molecule has 5 atom stereocenters. The van der Waals surface area contributed by atoms with Gasteiger partial charge in [0.1, 0.15) is 6.10 Å². The second-order valence-electron chi connectivity index (χ2n) is 10.1. The van der Waals surface area contributed by atoms with Gasteiger partial charge in [0.2, 0.25) is 0 Å². The Hall–Kier alpha value is -3.76. The van der Waals surface area contributed by atoms with Crippen LogP contribution in [-0.4, -0.2) is 66.7 Å². The highest BCUT2D eigenvalue weighted by molar-refractivity contribution is 6.39. The van der Waals surface area contributed by atoms with Crippen LogP contribution >= 0.6 is 0 Å². The van der Waals surface area contributed by atoms with Crippen LogP contribution < -0.4 is 0 Å². The molecular formula is C32H37N3O6. The van der Waals surface area contributed by atoms with Crippen LogP contribution in [0.1, 0.15) is 61.6 Å². The quantitative estimate of drug-likeness (QED) is 0.251. The largest absolute Gasteiger partial charge is 0.390 e. The molecule has 3 aromatic carbocycles. The lowest BCUT2D eigenvalue weighted by atomic mass is 9.94. The predicted molar refractivity (Wildman–Crippen MR) is 160 cm³/mol. The normalized spacial score (nSPS) is 24.0. The Labute approximate surface area is 238 Å². The standard InChI is InChI=1S/C28H25N3O6.2C2H6/c1-12-23(32)24(33)27(37-28(12)36)31-16-11-7-5-9-14(16)18-20-19(25(34)30(3)26(20)35)17-13-8-4-6-10-15(13)29(2)21(17)22(18)31;2*1-2/h4-12,23-24,27-28,32-33,36H,1-3H3;2*1-2H3.